The van der Waals surface area contributed by atoms with E-state index >= 15 is 4.39 Å². The first-order valence-electron chi connectivity index (χ1n) is 16.3. The lowest BCUT2D eigenvalue weighted by molar-refractivity contribution is -0.223. The molecule has 1 nitrogen and oxygen atoms in total. The molecule has 0 unspecified atom stereocenters. The lowest BCUT2D eigenvalue weighted by Gasteiger charge is -2.33. The summed E-state index contributed by atoms with van der Waals surface area (Å²) in [6.45, 7) is 2.30. The van der Waals surface area contributed by atoms with Crippen molar-refractivity contribution >= 4 is 0 Å². The van der Waals surface area contributed by atoms with Gasteiger partial charge in [-0.3, -0.25) is 0 Å². The Morgan fingerprint density at radius 3 is 2.00 bits per heavy atom. The summed E-state index contributed by atoms with van der Waals surface area (Å²) in [4.78, 5) is 0. The fourth-order valence-electron chi connectivity index (χ4n) is 7.58. The van der Waals surface area contributed by atoms with Gasteiger partial charge in [-0.1, -0.05) is 44.1 Å². The topological polar surface area (TPSA) is 9.23 Å². The van der Waals surface area contributed by atoms with Crippen LogP contribution < -0.4 is 4.74 Å². The van der Waals surface area contributed by atoms with Crippen LogP contribution in [0.15, 0.2) is 42.5 Å². The van der Waals surface area contributed by atoms with Crippen LogP contribution in [-0.4, -0.2) is 6.11 Å². The number of rotatable bonds is 9. The number of alkyl halides is 2. The third-order valence-corrected chi connectivity index (χ3v) is 10.4. The smallest absolute Gasteiger partial charge is 0.400 e. The number of ether oxygens (including phenoxy) is 1. The summed E-state index contributed by atoms with van der Waals surface area (Å²) in [5, 5.41) is 0. The molecule has 236 valence electrons. The molecule has 0 radical (unpaired) electrons. The summed E-state index contributed by atoms with van der Waals surface area (Å²) in [5.41, 5.74) is 2.04. The second-order valence-electron chi connectivity index (χ2n) is 13.4. The summed E-state index contributed by atoms with van der Waals surface area (Å²) >= 11 is 0. The fourth-order valence-corrected chi connectivity index (χ4v) is 7.58. The Balaban J connectivity index is 1.01. The zero-order chi connectivity index (χ0) is 30.6. The highest BCUT2D eigenvalue weighted by Crippen LogP contribution is 2.43. The van der Waals surface area contributed by atoms with E-state index in [1.54, 1.807) is 6.07 Å². The molecule has 0 bridgehead atoms. The predicted octanol–water partition coefficient (Wildman–Crippen LogP) is 11.6. The number of halogens is 6. The van der Waals surface area contributed by atoms with Gasteiger partial charge in [0, 0.05) is 12.1 Å². The number of hydrogen-bond acceptors (Lipinski definition) is 1. The van der Waals surface area contributed by atoms with Crippen LogP contribution in [0.3, 0.4) is 0 Å². The van der Waals surface area contributed by atoms with Crippen LogP contribution in [-0.2, 0) is 0 Å². The second-order valence-corrected chi connectivity index (χ2v) is 13.4. The van der Waals surface area contributed by atoms with Gasteiger partial charge in [0.2, 0.25) is 0 Å². The Bertz CT molecular complexity index is 1210. The van der Waals surface area contributed by atoms with E-state index in [1.807, 2.05) is 6.07 Å². The molecule has 0 atom stereocenters. The summed E-state index contributed by atoms with van der Waals surface area (Å²) < 4.78 is 89.0. The van der Waals surface area contributed by atoms with Crippen LogP contribution in [0.4, 0.5) is 26.3 Å². The molecule has 5 rings (SSSR count). The normalized spacial score (nSPS) is 28.7. The number of allylic oxidation sites excluding steroid dienone is 2. The molecule has 3 saturated carbocycles. The summed E-state index contributed by atoms with van der Waals surface area (Å²) in [6.07, 6.45) is 13.4. The lowest BCUT2D eigenvalue weighted by atomic mass is 9.76. The molecule has 0 spiro atoms. The van der Waals surface area contributed by atoms with Gasteiger partial charge in [-0.05, 0) is 124 Å². The summed E-state index contributed by atoms with van der Waals surface area (Å²) in [6, 6.07) is 6.91. The minimum atomic E-state index is -3.58. The van der Waals surface area contributed by atoms with Crippen molar-refractivity contribution in [3.8, 4) is 5.75 Å². The first-order valence-corrected chi connectivity index (χ1v) is 16.3. The lowest BCUT2D eigenvalue weighted by Crippen LogP contribution is -2.37. The van der Waals surface area contributed by atoms with E-state index in [2.05, 4.69) is 29.9 Å². The van der Waals surface area contributed by atoms with E-state index < -0.39 is 35.2 Å². The highest BCUT2D eigenvalue weighted by molar-refractivity contribution is 5.30. The third-order valence-electron chi connectivity index (χ3n) is 10.4. The number of benzene rings is 2. The van der Waals surface area contributed by atoms with Crippen LogP contribution in [0, 0.1) is 46.9 Å². The zero-order valence-electron chi connectivity index (χ0n) is 25.1. The number of hydrogen-bond donors (Lipinski definition) is 0. The van der Waals surface area contributed by atoms with E-state index in [1.165, 1.54) is 18.4 Å². The van der Waals surface area contributed by atoms with Crippen molar-refractivity contribution in [2.24, 2.45) is 23.7 Å². The molecule has 0 heterocycles. The average Bonchev–Trinajstić information content (AvgIpc) is 2.99. The Morgan fingerprint density at radius 2 is 1.37 bits per heavy atom. The molecular weight excluding hydrogens is 562 g/mol. The second kappa shape index (κ2) is 14.1. The minimum absolute atomic E-state index is 0.0348. The van der Waals surface area contributed by atoms with E-state index in [4.69, 9.17) is 0 Å². The van der Waals surface area contributed by atoms with Crippen LogP contribution in [0.5, 0.6) is 5.75 Å². The Hall–Kier alpha value is -2.44. The van der Waals surface area contributed by atoms with Crippen molar-refractivity contribution in [2.75, 3.05) is 0 Å². The summed E-state index contributed by atoms with van der Waals surface area (Å²) in [7, 11) is 0. The largest absolute Gasteiger partial charge is 0.432 e. The SMILES string of the molecule is CC1CCC(c2ccc(C3CCC(/C=C/CCC4CCC(C(F)(F)Oc5cc(F)c(F)c(F)c5)CC4)CC3)c(F)c2)CC1. The Kier molecular flexibility index (Phi) is 10.5. The third kappa shape index (κ3) is 8.19. The molecule has 3 aliphatic carbocycles. The van der Waals surface area contributed by atoms with E-state index in [0.29, 0.717) is 42.7 Å². The average molecular weight is 607 g/mol. The van der Waals surface area contributed by atoms with Gasteiger partial charge in [-0.25, -0.2) is 17.6 Å². The maximum absolute atomic E-state index is 15.1. The van der Waals surface area contributed by atoms with E-state index in [0.717, 1.165) is 62.8 Å². The molecule has 0 N–H and O–H groups in total. The van der Waals surface area contributed by atoms with Crippen molar-refractivity contribution in [2.45, 2.75) is 115 Å². The van der Waals surface area contributed by atoms with Gasteiger partial charge >= 0.3 is 6.11 Å². The van der Waals surface area contributed by atoms with Gasteiger partial charge in [0.15, 0.2) is 17.5 Å². The minimum Gasteiger partial charge on any atom is -0.432 e. The van der Waals surface area contributed by atoms with Gasteiger partial charge in [-0.15, -0.1) is 0 Å². The van der Waals surface area contributed by atoms with Crippen LogP contribution in [0.1, 0.15) is 120 Å². The molecular formula is C36H44F6O. The summed E-state index contributed by atoms with van der Waals surface area (Å²) in [5.74, 6) is -4.22. The monoisotopic (exact) mass is 606 g/mol. The highest BCUT2D eigenvalue weighted by Gasteiger charge is 2.44. The van der Waals surface area contributed by atoms with Crippen LogP contribution >= 0.6 is 0 Å². The van der Waals surface area contributed by atoms with Gasteiger partial charge in [0.25, 0.3) is 0 Å². The quantitative estimate of drug-likeness (QED) is 0.157. The molecule has 0 aromatic heterocycles. The van der Waals surface area contributed by atoms with E-state index in [9.17, 15) is 22.0 Å². The molecule has 2 aromatic carbocycles. The van der Waals surface area contributed by atoms with Crippen LogP contribution in [0.2, 0.25) is 0 Å². The Morgan fingerprint density at radius 1 is 0.744 bits per heavy atom. The first kappa shape index (κ1) is 32.0. The maximum Gasteiger partial charge on any atom is 0.400 e. The standard InChI is InChI=1S/C36H44F6O/c1-23-6-12-26(13-7-23)28-16-19-31(32(37)20-28)27-14-8-24(9-15-27)4-2-3-5-25-10-17-29(18-11-25)36(41,42)43-30-21-33(38)35(40)34(39)22-30/h2,4,16,19-27,29H,3,5-15,17-18H2,1H3/b4-2+. The van der Waals surface area contributed by atoms with Gasteiger partial charge in [0.05, 0.1) is 5.92 Å². The van der Waals surface area contributed by atoms with Crippen molar-refractivity contribution in [1.82, 2.24) is 0 Å². The molecule has 3 fully saturated rings. The van der Waals surface area contributed by atoms with Crippen molar-refractivity contribution in [3.63, 3.8) is 0 Å². The first-order chi connectivity index (χ1) is 20.6. The van der Waals surface area contributed by atoms with Crippen molar-refractivity contribution in [3.05, 3.63) is 76.9 Å². The van der Waals surface area contributed by atoms with Crippen LogP contribution in [0.25, 0.3) is 0 Å². The molecule has 7 heteroatoms. The maximum atomic E-state index is 15.1. The fraction of sp³-hybridized carbons (Fsp3) is 0.611. The molecule has 43 heavy (non-hydrogen) atoms. The molecule has 3 aliphatic rings. The van der Waals surface area contributed by atoms with Crippen molar-refractivity contribution in [1.29, 1.82) is 0 Å². The highest BCUT2D eigenvalue weighted by atomic mass is 19.3. The van der Waals surface area contributed by atoms with Crippen molar-refractivity contribution < 1.29 is 31.1 Å². The van der Waals surface area contributed by atoms with Gasteiger partial charge < -0.3 is 4.74 Å². The van der Waals surface area contributed by atoms with Gasteiger partial charge in [0.1, 0.15) is 11.6 Å². The zero-order valence-corrected chi connectivity index (χ0v) is 25.1. The molecule has 2 aromatic rings. The van der Waals surface area contributed by atoms with E-state index in [-0.39, 0.29) is 24.6 Å². The molecule has 0 aliphatic heterocycles. The van der Waals surface area contributed by atoms with Gasteiger partial charge in [-0.2, -0.15) is 8.78 Å². The molecule has 0 amide bonds. The molecule has 0 saturated heterocycles. The Labute approximate surface area is 252 Å². The predicted molar refractivity (Wildman–Crippen MR) is 157 cm³/mol.